The minimum Gasteiger partial charge on any atom is -0.491 e. The van der Waals surface area contributed by atoms with E-state index in [2.05, 4.69) is 60.5 Å². The number of nitrogens with zero attached hydrogens (tertiary/aromatic N) is 4. The van der Waals surface area contributed by atoms with Crippen LogP contribution in [0.4, 0.5) is 0 Å². The number of aryl methyl sites for hydroxylation is 3. The van der Waals surface area contributed by atoms with Gasteiger partial charge in [-0.1, -0.05) is 18.2 Å². The summed E-state index contributed by atoms with van der Waals surface area (Å²) in [4.78, 5) is 7.14. The number of para-hydroxylation sites is 1. The summed E-state index contributed by atoms with van der Waals surface area (Å²) >= 11 is 0. The molecule has 3 rings (SSSR count). The zero-order chi connectivity index (χ0) is 19.2. The van der Waals surface area contributed by atoms with Crippen molar-refractivity contribution in [2.45, 2.75) is 33.1 Å². The van der Waals surface area contributed by atoms with Crippen LogP contribution < -0.4 is 10.1 Å². The highest BCUT2D eigenvalue weighted by Crippen LogP contribution is 2.26. The van der Waals surface area contributed by atoms with Gasteiger partial charge in [0.2, 0.25) is 0 Å². The summed E-state index contributed by atoms with van der Waals surface area (Å²) in [5, 5.41) is 7.73. The molecule has 1 aromatic carbocycles. The van der Waals surface area contributed by atoms with Crippen LogP contribution in [0.1, 0.15) is 36.0 Å². The number of aromatic nitrogens is 2. The number of hydrogen-bond acceptors (Lipinski definition) is 3. The largest absolute Gasteiger partial charge is 0.491 e. The Morgan fingerprint density at radius 2 is 2.07 bits per heavy atom. The summed E-state index contributed by atoms with van der Waals surface area (Å²) in [5.74, 6) is 2.48. The molecule has 0 bridgehead atoms. The monoisotopic (exact) mass is 497 g/mol. The quantitative estimate of drug-likeness (QED) is 0.288. The molecule has 1 aliphatic rings. The van der Waals surface area contributed by atoms with Crippen LogP contribution in [0.25, 0.3) is 0 Å². The van der Waals surface area contributed by atoms with Crippen molar-refractivity contribution in [3.8, 4) is 5.75 Å². The van der Waals surface area contributed by atoms with Gasteiger partial charge in [0.15, 0.2) is 5.96 Å². The van der Waals surface area contributed by atoms with Crippen LogP contribution in [-0.2, 0) is 7.05 Å². The van der Waals surface area contributed by atoms with E-state index in [0.717, 1.165) is 37.8 Å². The van der Waals surface area contributed by atoms with E-state index in [1.807, 2.05) is 17.9 Å². The molecule has 1 aromatic heterocycles. The normalized spacial score (nSPS) is 16.8. The number of likely N-dealkylation sites (tertiary alicyclic amines) is 1. The molecular weight excluding hydrogens is 465 g/mol. The van der Waals surface area contributed by atoms with Crippen LogP contribution in [0.15, 0.2) is 35.6 Å². The standard InChI is InChI=1S/C21H31N5O.HI/c1-5-22-21(23-10-12-27-20-16(2)7-6-8-17(20)3)26-11-9-18(15-26)19-13-24-25(4)14-19;/h6-8,13-14,18H,5,9-12,15H2,1-4H3,(H,22,23);1H. The average molecular weight is 497 g/mol. The van der Waals surface area contributed by atoms with Crippen molar-refractivity contribution in [1.82, 2.24) is 20.0 Å². The van der Waals surface area contributed by atoms with Crippen molar-refractivity contribution in [2.75, 3.05) is 32.8 Å². The van der Waals surface area contributed by atoms with Crippen molar-refractivity contribution in [3.05, 3.63) is 47.3 Å². The van der Waals surface area contributed by atoms with Crippen molar-refractivity contribution < 1.29 is 4.74 Å². The molecule has 0 spiro atoms. The molecule has 0 saturated carbocycles. The second-order valence-electron chi connectivity index (χ2n) is 7.18. The summed E-state index contributed by atoms with van der Waals surface area (Å²) in [6.45, 7) is 10.4. The highest BCUT2D eigenvalue weighted by Gasteiger charge is 2.26. The first-order chi connectivity index (χ1) is 13.1. The number of rotatable bonds is 6. The molecule has 7 heteroatoms. The van der Waals surface area contributed by atoms with E-state index in [0.29, 0.717) is 19.1 Å². The highest BCUT2D eigenvalue weighted by atomic mass is 127. The molecule has 1 atom stereocenters. The molecule has 28 heavy (non-hydrogen) atoms. The molecule has 2 aromatic rings. The molecule has 1 fully saturated rings. The third-order valence-corrected chi connectivity index (χ3v) is 5.03. The molecule has 6 nitrogen and oxygen atoms in total. The number of aliphatic imine (C=N–C) groups is 1. The Morgan fingerprint density at radius 3 is 2.71 bits per heavy atom. The number of hydrogen-bond donors (Lipinski definition) is 1. The van der Waals surface area contributed by atoms with Gasteiger partial charge in [0.05, 0.1) is 12.7 Å². The number of guanidine groups is 1. The number of nitrogens with one attached hydrogen (secondary N) is 1. The lowest BCUT2D eigenvalue weighted by atomic mass is 10.0. The van der Waals surface area contributed by atoms with Gasteiger partial charge in [-0.3, -0.25) is 4.68 Å². The van der Waals surface area contributed by atoms with Crippen LogP contribution in [0.5, 0.6) is 5.75 Å². The molecule has 0 amide bonds. The minimum absolute atomic E-state index is 0. The first kappa shape index (κ1) is 22.5. The smallest absolute Gasteiger partial charge is 0.194 e. The van der Waals surface area contributed by atoms with E-state index >= 15 is 0 Å². The predicted octanol–water partition coefficient (Wildman–Crippen LogP) is 3.49. The van der Waals surface area contributed by atoms with Gasteiger partial charge in [0.25, 0.3) is 0 Å². The Labute approximate surface area is 185 Å². The lowest BCUT2D eigenvalue weighted by Crippen LogP contribution is -2.40. The molecule has 0 aliphatic carbocycles. The molecule has 0 radical (unpaired) electrons. The van der Waals surface area contributed by atoms with E-state index in [1.165, 1.54) is 16.7 Å². The van der Waals surface area contributed by atoms with E-state index in [1.54, 1.807) is 0 Å². The van der Waals surface area contributed by atoms with Crippen LogP contribution >= 0.6 is 24.0 Å². The Bertz CT molecular complexity index is 769. The fraction of sp³-hybridized carbons (Fsp3) is 0.524. The van der Waals surface area contributed by atoms with E-state index in [-0.39, 0.29) is 24.0 Å². The molecule has 1 N–H and O–H groups in total. The van der Waals surface area contributed by atoms with Crippen molar-refractivity contribution >= 4 is 29.9 Å². The number of benzene rings is 1. The first-order valence-corrected chi connectivity index (χ1v) is 9.79. The van der Waals surface area contributed by atoms with Gasteiger partial charge in [-0.2, -0.15) is 5.10 Å². The molecule has 154 valence electrons. The van der Waals surface area contributed by atoms with Crippen LogP contribution in [0.2, 0.25) is 0 Å². The zero-order valence-corrected chi connectivity index (χ0v) is 19.6. The topological polar surface area (TPSA) is 54.7 Å². The fourth-order valence-corrected chi connectivity index (χ4v) is 3.63. The van der Waals surface area contributed by atoms with Crippen LogP contribution in [0, 0.1) is 13.8 Å². The molecule has 1 unspecified atom stereocenters. The molecule has 2 heterocycles. The van der Waals surface area contributed by atoms with Crippen molar-refractivity contribution in [1.29, 1.82) is 0 Å². The maximum absolute atomic E-state index is 5.99. The molecule has 1 aliphatic heterocycles. The highest BCUT2D eigenvalue weighted by molar-refractivity contribution is 14.0. The molecule has 1 saturated heterocycles. The minimum atomic E-state index is 0. The Morgan fingerprint density at radius 1 is 1.32 bits per heavy atom. The van der Waals surface area contributed by atoms with Gasteiger partial charge in [0.1, 0.15) is 12.4 Å². The maximum atomic E-state index is 5.99. The average Bonchev–Trinajstić information content (AvgIpc) is 3.28. The van der Waals surface area contributed by atoms with Gasteiger partial charge < -0.3 is 15.0 Å². The second kappa shape index (κ2) is 10.7. The van der Waals surface area contributed by atoms with E-state index in [9.17, 15) is 0 Å². The van der Waals surface area contributed by atoms with E-state index < -0.39 is 0 Å². The number of halogens is 1. The van der Waals surface area contributed by atoms with Gasteiger partial charge in [-0.15, -0.1) is 24.0 Å². The Balaban J connectivity index is 0.00000280. The summed E-state index contributed by atoms with van der Waals surface area (Å²) in [6.07, 6.45) is 5.24. The van der Waals surface area contributed by atoms with E-state index in [4.69, 9.17) is 9.73 Å². The lowest BCUT2D eigenvalue weighted by Gasteiger charge is -2.21. The van der Waals surface area contributed by atoms with Gasteiger partial charge in [-0.25, -0.2) is 4.99 Å². The third kappa shape index (κ3) is 5.62. The Hall–Kier alpha value is -1.77. The van der Waals surface area contributed by atoms with Gasteiger partial charge in [0, 0.05) is 38.8 Å². The summed E-state index contributed by atoms with van der Waals surface area (Å²) < 4.78 is 7.86. The SMILES string of the molecule is CCNC(=NCCOc1c(C)cccc1C)N1CCC(c2cnn(C)c2)C1.I. The lowest BCUT2D eigenvalue weighted by molar-refractivity contribution is 0.323. The molecular formula is C21H32IN5O. The third-order valence-electron chi connectivity index (χ3n) is 5.03. The summed E-state index contributed by atoms with van der Waals surface area (Å²) in [6, 6.07) is 6.22. The Kier molecular flexibility index (Phi) is 8.59. The van der Waals surface area contributed by atoms with Crippen molar-refractivity contribution in [2.24, 2.45) is 12.0 Å². The first-order valence-electron chi connectivity index (χ1n) is 9.79. The summed E-state index contributed by atoms with van der Waals surface area (Å²) in [7, 11) is 1.97. The maximum Gasteiger partial charge on any atom is 0.194 e. The van der Waals surface area contributed by atoms with Gasteiger partial charge >= 0.3 is 0 Å². The fourth-order valence-electron chi connectivity index (χ4n) is 3.63. The van der Waals surface area contributed by atoms with Crippen molar-refractivity contribution in [3.63, 3.8) is 0 Å². The second-order valence-corrected chi connectivity index (χ2v) is 7.18. The number of ether oxygens (including phenoxy) is 1. The van der Waals surface area contributed by atoms with Crippen LogP contribution in [0.3, 0.4) is 0 Å². The zero-order valence-electron chi connectivity index (χ0n) is 17.3. The predicted molar refractivity (Wildman–Crippen MR) is 125 cm³/mol. The summed E-state index contributed by atoms with van der Waals surface area (Å²) in [5.41, 5.74) is 3.66. The van der Waals surface area contributed by atoms with Gasteiger partial charge in [-0.05, 0) is 43.9 Å². The van der Waals surface area contributed by atoms with Crippen LogP contribution in [-0.4, -0.2) is 53.4 Å².